The first kappa shape index (κ1) is 23.7. The average Bonchev–Trinajstić information content (AvgIpc) is 3.30. The molecule has 0 unspecified atom stereocenters. The SMILES string of the molecule is CC(=O)c1cccc(S(=O)(=O)NCC(=O)N2CCC(C(=O)Nc3ccc4c(c3)OCO4)CC2)c1. The lowest BCUT2D eigenvalue weighted by Gasteiger charge is -2.31. The third-order valence-corrected chi connectivity index (χ3v) is 7.22. The van der Waals surface area contributed by atoms with E-state index in [1.807, 2.05) is 0 Å². The summed E-state index contributed by atoms with van der Waals surface area (Å²) in [4.78, 5) is 38.1. The van der Waals surface area contributed by atoms with Gasteiger partial charge in [-0.3, -0.25) is 14.4 Å². The summed E-state index contributed by atoms with van der Waals surface area (Å²) in [5, 5.41) is 2.87. The number of likely N-dealkylation sites (tertiary alicyclic amines) is 1. The molecule has 2 amide bonds. The van der Waals surface area contributed by atoms with Crippen LogP contribution in [0, 0.1) is 5.92 Å². The average molecular weight is 488 g/mol. The highest BCUT2D eigenvalue weighted by atomic mass is 32.2. The zero-order valence-corrected chi connectivity index (χ0v) is 19.4. The van der Waals surface area contributed by atoms with E-state index in [0.717, 1.165) is 0 Å². The second-order valence-electron chi connectivity index (χ2n) is 8.12. The van der Waals surface area contributed by atoms with Crippen molar-refractivity contribution in [3.05, 3.63) is 48.0 Å². The highest BCUT2D eigenvalue weighted by Gasteiger charge is 2.28. The lowest BCUT2D eigenvalue weighted by molar-refractivity contribution is -0.133. The van der Waals surface area contributed by atoms with E-state index >= 15 is 0 Å². The number of benzene rings is 2. The van der Waals surface area contributed by atoms with Crippen LogP contribution in [0.3, 0.4) is 0 Å². The van der Waals surface area contributed by atoms with Gasteiger partial charge in [0.05, 0.1) is 11.4 Å². The minimum Gasteiger partial charge on any atom is -0.454 e. The number of carbonyl (C=O) groups excluding carboxylic acids is 3. The number of rotatable bonds is 7. The number of fused-ring (bicyclic) bond motifs is 1. The van der Waals surface area contributed by atoms with E-state index in [-0.39, 0.29) is 40.8 Å². The zero-order valence-electron chi connectivity index (χ0n) is 18.6. The predicted molar refractivity (Wildman–Crippen MR) is 122 cm³/mol. The molecule has 1 saturated heterocycles. The zero-order chi connectivity index (χ0) is 24.3. The van der Waals surface area contributed by atoms with E-state index in [1.54, 1.807) is 23.1 Å². The van der Waals surface area contributed by atoms with Crippen LogP contribution in [0.25, 0.3) is 0 Å². The fraction of sp³-hybridized carbons (Fsp3) is 0.348. The monoisotopic (exact) mass is 487 g/mol. The normalized spacial score (nSPS) is 15.7. The van der Waals surface area contributed by atoms with Crippen LogP contribution in [-0.2, 0) is 19.6 Å². The van der Waals surface area contributed by atoms with Crippen molar-refractivity contribution < 1.29 is 32.3 Å². The molecule has 11 heteroatoms. The van der Waals surface area contributed by atoms with Gasteiger partial charge in [-0.2, -0.15) is 0 Å². The summed E-state index contributed by atoms with van der Waals surface area (Å²) < 4.78 is 37.9. The number of piperidine rings is 1. The molecule has 180 valence electrons. The number of Topliss-reactive ketones (excluding diaryl/α,β-unsaturated/α-hetero) is 1. The van der Waals surface area contributed by atoms with Crippen molar-refractivity contribution in [1.29, 1.82) is 0 Å². The summed E-state index contributed by atoms with van der Waals surface area (Å²) in [7, 11) is -3.95. The van der Waals surface area contributed by atoms with Gasteiger partial charge >= 0.3 is 0 Å². The molecule has 4 rings (SSSR count). The summed E-state index contributed by atoms with van der Waals surface area (Å²) in [5.41, 5.74) is 0.881. The summed E-state index contributed by atoms with van der Waals surface area (Å²) in [6, 6.07) is 10.8. The predicted octanol–water partition coefficient (Wildman–Crippen LogP) is 1.77. The number of nitrogens with one attached hydrogen (secondary N) is 2. The van der Waals surface area contributed by atoms with Crippen molar-refractivity contribution in [2.24, 2.45) is 5.92 Å². The number of sulfonamides is 1. The van der Waals surface area contributed by atoms with Crippen LogP contribution in [-0.4, -0.2) is 57.3 Å². The van der Waals surface area contributed by atoms with Crippen LogP contribution >= 0.6 is 0 Å². The van der Waals surface area contributed by atoms with Crippen molar-refractivity contribution in [1.82, 2.24) is 9.62 Å². The third kappa shape index (κ3) is 5.37. The van der Waals surface area contributed by atoms with Gasteiger partial charge in [0, 0.05) is 36.3 Å². The first-order valence-electron chi connectivity index (χ1n) is 10.8. The molecule has 34 heavy (non-hydrogen) atoms. The van der Waals surface area contributed by atoms with E-state index in [2.05, 4.69) is 10.0 Å². The van der Waals surface area contributed by atoms with Crippen molar-refractivity contribution in [3.63, 3.8) is 0 Å². The standard InChI is InChI=1S/C23H25N3O7S/c1-15(27)17-3-2-4-19(11-17)34(30,31)24-13-22(28)26-9-7-16(8-10-26)23(29)25-18-5-6-20-21(12-18)33-14-32-20/h2-6,11-12,16,24H,7-10,13-14H2,1H3,(H,25,29). The number of ketones is 1. The number of hydrogen-bond acceptors (Lipinski definition) is 7. The van der Waals surface area contributed by atoms with E-state index in [9.17, 15) is 22.8 Å². The lowest BCUT2D eigenvalue weighted by atomic mass is 9.95. The summed E-state index contributed by atoms with van der Waals surface area (Å²) in [6.45, 7) is 1.79. The molecule has 0 radical (unpaired) electrons. The van der Waals surface area contributed by atoms with Crippen molar-refractivity contribution in [2.75, 3.05) is 31.7 Å². The molecular weight excluding hydrogens is 462 g/mol. The molecular formula is C23H25N3O7S. The van der Waals surface area contributed by atoms with Crippen LogP contribution in [0.15, 0.2) is 47.4 Å². The fourth-order valence-electron chi connectivity index (χ4n) is 3.84. The van der Waals surface area contributed by atoms with Crippen LogP contribution in [0.4, 0.5) is 5.69 Å². The second kappa shape index (κ2) is 9.82. The Hall–Kier alpha value is -3.44. The largest absolute Gasteiger partial charge is 0.454 e. The van der Waals surface area contributed by atoms with Gasteiger partial charge in [0.25, 0.3) is 0 Å². The maximum absolute atomic E-state index is 12.6. The molecule has 2 aliphatic rings. The van der Waals surface area contributed by atoms with Gasteiger partial charge in [-0.1, -0.05) is 12.1 Å². The Morgan fingerprint density at radius 1 is 1.03 bits per heavy atom. The molecule has 0 bridgehead atoms. The Bertz CT molecular complexity index is 1220. The Kier molecular flexibility index (Phi) is 6.85. The molecule has 0 aromatic heterocycles. The van der Waals surface area contributed by atoms with Crippen molar-refractivity contribution in [3.8, 4) is 11.5 Å². The van der Waals surface area contributed by atoms with Crippen LogP contribution in [0.1, 0.15) is 30.1 Å². The summed E-state index contributed by atoms with van der Waals surface area (Å²) >= 11 is 0. The van der Waals surface area contributed by atoms with Crippen molar-refractivity contribution in [2.45, 2.75) is 24.7 Å². The summed E-state index contributed by atoms with van der Waals surface area (Å²) in [6.07, 6.45) is 0.936. The minimum absolute atomic E-state index is 0.0769. The molecule has 2 N–H and O–H groups in total. The second-order valence-corrected chi connectivity index (χ2v) is 9.89. The summed E-state index contributed by atoms with van der Waals surface area (Å²) in [5.74, 6) is 0.178. The number of carbonyl (C=O) groups is 3. The number of amides is 2. The van der Waals surface area contributed by atoms with Crippen LogP contribution in [0.5, 0.6) is 11.5 Å². The van der Waals surface area contributed by atoms with Gasteiger partial charge in [-0.15, -0.1) is 0 Å². The first-order valence-corrected chi connectivity index (χ1v) is 12.3. The van der Waals surface area contributed by atoms with Gasteiger partial charge in [-0.25, -0.2) is 13.1 Å². The molecule has 0 spiro atoms. The van der Waals surface area contributed by atoms with E-state index in [1.165, 1.54) is 31.2 Å². The van der Waals surface area contributed by atoms with Gasteiger partial charge in [0.1, 0.15) is 0 Å². The quantitative estimate of drug-likeness (QED) is 0.569. The smallest absolute Gasteiger partial charge is 0.241 e. The first-order chi connectivity index (χ1) is 16.2. The molecule has 0 atom stereocenters. The van der Waals surface area contributed by atoms with E-state index < -0.39 is 16.6 Å². The maximum atomic E-state index is 12.6. The lowest BCUT2D eigenvalue weighted by Crippen LogP contribution is -2.45. The molecule has 0 aliphatic carbocycles. The van der Waals surface area contributed by atoms with Gasteiger partial charge in [0.2, 0.25) is 28.6 Å². The third-order valence-electron chi connectivity index (χ3n) is 5.82. The maximum Gasteiger partial charge on any atom is 0.241 e. The Balaban J connectivity index is 1.26. The number of nitrogens with zero attached hydrogens (tertiary/aromatic N) is 1. The molecule has 10 nitrogen and oxygen atoms in total. The van der Waals surface area contributed by atoms with Crippen molar-refractivity contribution >= 4 is 33.3 Å². The highest BCUT2D eigenvalue weighted by Crippen LogP contribution is 2.34. The Morgan fingerprint density at radius 3 is 2.50 bits per heavy atom. The van der Waals surface area contributed by atoms with Gasteiger partial charge < -0.3 is 19.7 Å². The number of anilines is 1. The molecule has 2 heterocycles. The molecule has 2 aromatic rings. The molecule has 2 aliphatic heterocycles. The van der Waals surface area contributed by atoms with Gasteiger partial charge in [-0.05, 0) is 44.0 Å². The van der Waals surface area contributed by atoms with Crippen LogP contribution < -0.4 is 19.5 Å². The number of ether oxygens (including phenoxy) is 2. The minimum atomic E-state index is -3.95. The van der Waals surface area contributed by atoms with Gasteiger partial charge in [0.15, 0.2) is 17.3 Å². The highest BCUT2D eigenvalue weighted by molar-refractivity contribution is 7.89. The molecule has 1 fully saturated rings. The topological polar surface area (TPSA) is 131 Å². The van der Waals surface area contributed by atoms with E-state index in [4.69, 9.17) is 9.47 Å². The molecule has 2 aromatic carbocycles. The fourth-order valence-corrected chi connectivity index (χ4v) is 4.86. The number of hydrogen-bond donors (Lipinski definition) is 2. The van der Waals surface area contributed by atoms with Crippen LogP contribution in [0.2, 0.25) is 0 Å². The molecule has 0 saturated carbocycles. The Morgan fingerprint density at radius 2 is 1.76 bits per heavy atom. The van der Waals surface area contributed by atoms with E-state index in [0.29, 0.717) is 43.1 Å². The Labute approximate surface area is 197 Å².